The Kier molecular flexibility index (Phi) is 4.22. The molecule has 1 N–H and O–H groups in total. The van der Waals surface area contributed by atoms with Gasteiger partial charge in [0.2, 0.25) is 0 Å². The minimum absolute atomic E-state index is 0.157. The number of rotatable bonds is 5. The number of aliphatic hydroxyl groups excluding tert-OH is 1. The number of aromatic nitrogens is 2. The number of ether oxygens (including phenoxy) is 1. The van der Waals surface area contributed by atoms with Crippen molar-refractivity contribution >= 4 is 0 Å². The first-order valence-electron chi connectivity index (χ1n) is 6.48. The van der Waals surface area contributed by atoms with Crippen molar-refractivity contribution in [1.82, 2.24) is 9.55 Å². The van der Waals surface area contributed by atoms with Crippen molar-refractivity contribution in [2.45, 2.75) is 39.5 Å². The van der Waals surface area contributed by atoms with E-state index >= 15 is 0 Å². The van der Waals surface area contributed by atoms with E-state index in [4.69, 9.17) is 4.74 Å². The summed E-state index contributed by atoms with van der Waals surface area (Å²) in [4.78, 5) is 4.14. The zero-order valence-electron chi connectivity index (χ0n) is 11.6. The molecule has 0 aliphatic carbocycles. The van der Waals surface area contributed by atoms with Crippen molar-refractivity contribution < 1.29 is 9.84 Å². The van der Waals surface area contributed by atoms with E-state index in [1.807, 2.05) is 55.8 Å². The van der Waals surface area contributed by atoms with Crippen LogP contribution in [-0.4, -0.2) is 20.8 Å². The molecule has 1 atom stereocenters. The molecular weight excluding hydrogens is 240 g/mol. The fourth-order valence-electron chi connectivity index (χ4n) is 1.93. The molecule has 2 rings (SSSR count). The molecule has 0 fully saturated rings. The molecule has 0 aliphatic heterocycles. The highest BCUT2D eigenvalue weighted by atomic mass is 16.5. The number of hydrogen-bond acceptors (Lipinski definition) is 3. The molecule has 1 unspecified atom stereocenters. The first-order valence-corrected chi connectivity index (χ1v) is 6.48. The molecule has 1 heterocycles. The molecular formula is C15H20N2O2. The Hall–Kier alpha value is -1.81. The maximum absolute atomic E-state index is 10.2. The Balaban J connectivity index is 2.03. The topological polar surface area (TPSA) is 47.3 Å². The van der Waals surface area contributed by atoms with Gasteiger partial charge in [-0.2, -0.15) is 0 Å². The molecule has 19 heavy (non-hydrogen) atoms. The van der Waals surface area contributed by atoms with Gasteiger partial charge in [-0.15, -0.1) is 0 Å². The predicted octanol–water partition coefficient (Wildman–Crippen LogP) is 2.71. The van der Waals surface area contributed by atoms with Crippen molar-refractivity contribution in [3.63, 3.8) is 0 Å². The number of aliphatic hydroxyl groups is 1. The normalized spacial score (nSPS) is 12.7. The van der Waals surface area contributed by atoms with Crippen molar-refractivity contribution in [1.29, 1.82) is 0 Å². The highest BCUT2D eigenvalue weighted by Gasteiger charge is 2.10. The van der Waals surface area contributed by atoms with Gasteiger partial charge >= 0.3 is 0 Å². The van der Waals surface area contributed by atoms with E-state index in [2.05, 4.69) is 4.98 Å². The smallest absolute Gasteiger partial charge is 0.119 e. The van der Waals surface area contributed by atoms with Crippen molar-refractivity contribution in [3.05, 3.63) is 48.0 Å². The molecule has 4 nitrogen and oxygen atoms in total. The number of imidazole rings is 1. The predicted molar refractivity (Wildman–Crippen MR) is 74.1 cm³/mol. The Morgan fingerprint density at radius 3 is 2.47 bits per heavy atom. The molecule has 102 valence electrons. The molecule has 0 saturated carbocycles. The lowest BCUT2D eigenvalue weighted by atomic mass is 10.1. The standard InChI is InChI=1S/C15H20N2O2/c1-11(2)19-14-6-4-13(5-7-14)15(18)10-17-9-8-16-12(17)3/h4-9,11,15,18H,10H2,1-3H3. The quantitative estimate of drug-likeness (QED) is 0.899. The average molecular weight is 260 g/mol. The van der Waals surface area contributed by atoms with Gasteiger partial charge in [0.15, 0.2) is 0 Å². The molecule has 0 saturated heterocycles. The van der Waals surface area contributed by atoms with E-state index in [0.717, 1.165) is 17.1 Å². The van der Waals surface area contributed by atoms with Crippen LogP contribution in [0.3, 0.4) is 0 Å². The number of hydrogen-bond donors (Lipinski definition) is 1. The van der Waals surface area contributed by atoms with Crippen LogP contribution in [0.5, 0.6) is 5.75 Å². The SMILES string of the molecule is Cc1nccn1CC(O)c1ccc(OC(C)C)cc1. The van der Waals surface area contributed by atoms with Crippen LogP contribution >= 0.6 is 0 Å². The summed E-state index contributed by atoms with van der Waals surface area (Å²) < 4.78 is 7.51. The summed E-state index contributed by atoms with van der Waals surface area (Å²) in [5.74, 6) is 1.73. The number of aryl methyl sites for hydroxylation is 1. The van der Waals surface area contributed by atoms with Gasteiger partial charge in [0.1, 0.15) is 11.6 Å². The van der Waals surface area contributed by atoms with Crippen molar-refractivity contribution in [2.75, 3.05) is 0 Å². The van der Waals surface area contributed by atoms with Crippen LogP contribution in [0.1, 0.15) is 31.3 Å². The second-order valence-electron chi connectivity index (χ2n) is 4.88. The van der Waals surface area contributed by atoms with Gasteiger partial charge in [-0.1, -0.05) is 12.1 Å². The Morgan fingerprint density at radius 1 is 1.26 bits per heavy atom. The first-order chi connectivity index (χ1) is 9.06. The maximum Gasteiger partial charge on any atom is 0.119 e. The summed E-state index contributed by atoms with van der Waals surface area (Å²) in [6, 6.07) is 7.57. The van der Waals surface area contributed by atoms with Crippen LogP contribution in [0.15, 0.2) is 36.7 Å². The van der Waals surface area contributed by atoms with Gasteiger partial charge in [-0.3, -0.25) is 0 Å². The van der Waals surface area contributed by atoms with Crippen LogP contribution in [0.25, 0.3) is 0 Å². The highest BCUT2D eigenvalue weighted by molar-refractivity contribution is 5.28. The van der Waals surface area contributed by atoms with E-state index in [1.54, 1.807) is 6.20 Å². The summed E-state index contributed by atoms with van der Waals surface area (Å²) in [5, 5.41) is 10.2. The molecule has 0 bridgehead atoms. The lowest BCUT2D eigenvalue weighted by Gasteiger charge is -2.14. The summed E-state index contributed by atoms with van der Waals surface area (Å²) in [6.45, 7) is 6.41. The first kappa shape index (κ1) is 13.6. The van der Waals surface area contributed by atoms with Gasteiger partial charge in [-0.25, -0.2) is 4.98 Å². The molecule has 0 amide bonds. The summed E-state index contributed by atoms with van der Waals surface area (Å²) in [6.07, 6.45) is 3.22. The zero-order chi connectivity index (χ0) is 13.8. The zero-order valence-corrected chi connectivity index (χ0v) is 11.6. The third kappa shape index (κ3) is 3.58. The van der Waals surface area contributed by atoms with Gasteiger partial charge < -0.3 is 14.4 Å². The molecule has 2 aromatic rings. The van der Waals surface area contributed by atoms with Crippen molar-refractivity contribution in [2.24, 2.45) is 0 Å². The number of benzene rings is 1. The second-order valence-corrected chi connectivity index (χ2v) is 4.88. The fraction of sp³-hybridized carbons (Fsp3) is 0.400. The molecule has 1 aromatic carbocycles. The third-order valence-electron chi connectivity index (χ3n) is 2.93. The van der Waals surface area contributed by atoms with Gasteiger partial charge in [-0.05, 0) is 38.5 Å². The largest absolute Gasteiger partial charge is 0.491 e. The lowest BCUT2D eigenvalue weighted by molar-refractivity contribution is 0.155. The van der Waals surface area contributed by atoms with E-state index in [0.29, 0.717) is 6.54 Å². The summed E-state index contributed by atoms with van der Waals surface area (Å²) in [5.41, 5.74) is 0.879. The van der Waals surface area contributed by atoms with E-state index in [-0.39, 0.29) is 6.10 Å². The molecule has 4 heteroatoms. The van der Waals surface area contributed by atoms with Crippen LogP contribution in [0.2, 0.25) is 0 Å². The Morgan fingerprint density at radius 2 is 1.95 bits per heavy atom. The van der Waals surface area contributed by atoms with E-state index < -0.39 is 6.10 Å². The van der Waals surface area contributed by atoms with Crippen LogP contribution < -0.4 is 4.74 Å². The number of nitrogens with zero attached hydrogens (tertiary/aromatic N) is 2. The summed E-state index contributed by atoms with van der Waals surface area (Å²) in [7, 11) is 0. The average Bonchev–Trinajstić information content (AvgIpc) is 2.75. The van der Waals surface area contributed by atoms with Crippen LogP contribution in [-0.2, 0) is 6.54 Å². The monoisotopic (exact) mass is 260 g/mol. The van der Waals surface area contributed by atoms with Crippen molar-refractivity contribution in [3.8, 4) is 5.75 Å². The molecule has 0 aliphatic rings. The third-order valence-corrected chi connectivity index (χ3v) is 2.93. The Labute approximate surface area is 113 Å². The van der Waals surface area contributed by atoms with E-state index in [1.165, 1.54) is 0 Å². The minimum atomic E-state index is -0.541. The molecule has 0 spiro atoms. The maximum atomic E-state index is 10.2. The van der Waals surface area contributed by atoms with Gasteiger partial charge in [0.25, 0.3) is 0 Å². The lowest BCUT2D eigenvalue weighted by Crippen LogP contribution is -2.10. The van der Waals surface area contributed by atoms with E-state index in [9.17, 15) is 5.11 Å². The molecule has 0 radical (unpaired) electrons. The van der Waals surface area contributed by atoms with Crippen LogP contribution in [0.4, 0.5) is 0 Å². The van der Waals surface area contributed by atoms with Gasteiger partial charge in [0, 0.05) is 12.4 Å². The Bertz CT molecular complexity index is 517. The minimum Gasteiger partial charge on any atom is -0.491 e. The highest BCUT2D eigenvalue weighted by Crippen LogP contribution is 2.20. The molecule has 1 aromatic heterocycles. The summed E-state index contributed by atoms with van der Waals surface area (Å²) >= 11 is 0. The fourth-order valence-corrected chi connectivity index (χ4v) is 1.93. The second kappa shape index (κ2) is 5.89. The van der Waals surface area contributed by atoms with Gasteiger partial charge in [0.05, 0.1) is 18.8 Å². The van der Waals surface area contributed by atoms with Crippen LogP contribution in [0, 0.1) is 6.92 Å².